The molecular formula is C20H22F3N5O2. The summed E-state index contributed by atoms with van der Waals surface area (Å²) in [6.45, 7) is 3.39. The summed E-state index contributed by atoms with van der Waals surface area (Å²) in [5, 5.41) is 0. The zero-order valence-corrected chi connectivity index (χ0v) is 16.3. The van der Waals surface area contributed by atoms with Crippen LogP contribution in [0.1, 0.15) is 34.8 Å². The van der Waals surface area contributed by atoms with Crippen LogP contribution in [-0.4, -0.2) is 42.5 Å². The molecule has 0 radical (unpaired) electrons. The van der Waals surface area contributed by atoms with Gasteiger partial charge in [0, 0.05) is 43.0 Å². The van der Waals surface area contributed by atoms with Gasteiger partial charge in [-0.15, -0.1) is 0 Å². The highest BCUT2D eigenvalue weighted by Crippen LogP contribution is 2.30. The first kappa shape index (κ1) is 21.4. The molecule has 1 unspecified atom stereocenters. The number of aromatic nitrogens is 1. The Balaban J connectivity index is 1.73. The molecule has 2 heterocycles. The van der Waals surface area contributed by atoms with Crippen LogP contribution in [-0.2, 0) is 6.18 Å². The average molecular weight is 421 g/mol. The first-order valence-electron chi connectivity index (χ1n) is 9.38. The third kappa shape index (κ3) is 4.81. The Hall–Kier alpha value is -3.30. The third-order valence-electron chi connectivity index (χ3n) is 4.72. The number of nitrogens with zero attached hydrogens (tertiary/aromatic N) is 3. The van der Waals surface area contributed by atoms with Crippen LogP contribution in [0.5, 0.6) is 5.88 Å². The number of rotatable bonds is 6. The predicted molar refractivity (Wildman–Crippen MR) is 107 cm³/mol. The van der Waals surface area contributed by atoms with Crippen molar-refractivity contribution in [3.8, 4) is 5.88 Å². The maximum Gasteiger partial charge on any atom is 0.417 e. The summed E-state index contributed by atoms with van der Waals surface area (Å²) in [6.07, 6.45) is -3.38. The number of primary amides is 1. The lowest BCUT2D eigenvalue weighted by Gasteiger charge is -2.22. The second kappa shape index (κ2) is 8.60. The molecule has 3 rings (SSSR count). The van der Waals surface area contributed by atoms with Gasteiger partial charge in [-0.25, -0.2) is 4.98 Å². The Morgan fingerprint density at radius 3 is 2.67 bits per heavy atom. The van der Waals surface area contributed by atoms with Crippen LogP contribution in [0.15, 0.2) is 41.5 Å². The maximum absolute atomic E-state index is 12.6. The predicted octanol–water partition coefficient (Wildman–Crippen LogP) is 2.58. The van der Waals surface area contributed by atoms with Crippen LogP contribution in [0.4, 0.5) is 18.9 Å². The Morgan fingerprint density at radius 1 is 1.30 bits per heavy atom. The number of ether oxygens (including phenoxy) is 1. The second-order valence-electron chi connectivity index (χ2n) is 6.81. The van der Waals surface area contributed by atoms with Gasteiger partial charge in [-0.05, 0) is 31.2 Å². The number of benzene rings is 1. The number of anilines is 1. The number of alkyl halides is 3. The fourth-order valence-electron chi connectivity index (χ4n) is 3.26. The van der Waals surface area contributed by atoms with Gasteiger partial charge < -0.3 is 21.1 Å². The van der Waals surface area contributed by atoms with Crippen molar-refractivity contribution in [3.63, 3.8) is 0 Å². The molecule has 30 heavy (non-hydrogen) atoms. The lowest BCUT2D eigenvalue weighted by Crippen LogP contribution is -2.27. The Labute approximate surface area is 171 Å². The van der Waals surface area contributed by atoms with Crippen molar-refractivity contribution < 1.29 is 22.7 Å². The number of amidine groups is 1. The van der Waals surface area contributed by atoms with Gasteiger partial charge in [0.1, 0.15) is 11.9 Å². The maximum atomic E-state index is 12.6. The fraction of sp³-hybridized carbons (Fsp3) is 0.350. The first-order valence-corrected chi connectivity index (χ1v) is 9.38. The van der Waals surface area contributed by atoms with Crippen molar-refractivity contribution >= 4 is 17.4 Å². The molecule has 1 aromatic carbocycles. The van der Waals surface area contributed by atoms with Crippen molar-refractivity contribution in [3.05, 3.63) is 53.2 Å². The molecule has 160 valence electrons. The van der Waals surface area contributed by atoms with Gasteiger partial charge in [-0.3, -0.25) is 9.79 Å². The lowest BCUT2D eigenvalue weighted by molar-refractivity contribution is -0.137. The zero-order chi connectivity index (χ0) is 21.9. The molecule has 1 saturated heterocycles. The minimum atomic E-state index is -4.45. The highest BCUT2D eigenvalue weighted by Gasteiger charge is 2.31. The minimum Gasteiger partial charge on any atom is -0.472 e. The molecule has 1 atom stereocenters. The summed E-state index contributed by atoms with van der Waals surface area (Å²) in [5.74, 6) is -0.156. The number of hydrogen-bond donors (Lipinski definition) is 2. The van der Waals surface area contributed by atoms with Gasteiger partial charge in [-0.2, -0.15) is 13.2 Å². The molecule has 7 nitrogen and oxygen atoms in total. The van der Waals surface area contributed by atoms with E-state index in [4.69, 9.17) is 16.2 Å². The summed E-state index contributed by atoms with van der Waals surface area (Å²) < 4.78 is 43.7. The van der Waals surface area contributed by atoms with E-state index in [1.165, 1.54) is 6.07 Å². The molecule has 0 aliphatic carbocycles. The average Bonchev–Trinajstić information content (AvgIpc) is 3.15. The molecule has 0 saturated carbocycles. The monoisotopic (exact) mass is 421 g/mol. The van der Waals surface area contributed by atoms with Gasteiger partial charge in [0.25, 0.3) is 5.91 Å². The van der Waals surface area contributed by atoms with Gasteiger partial charge >= 0.3 is 6.18 Å². The summed E-state index contributed by atoms with van der Waals surface area (Å²) in [5.41, 5.74) is 12.2. The Kier molecular flexibility index (Phi) is 6.14. The second-order valence-corrected chi connectivity index (χ2v) is 6.81. The van der Waals surface area contributed by atoms with E-state index in [2.05, 4.69) is 9.98 Å². The summed E-state index contributed by atoms with van der Waals surface area (Å²) in [6, 6.07) is 7.26. The number of carbonyl (C=O) groups is 1. The zero-order valence-electron chi connectivity index (χ0n) is 16.3. The van der Waals surface area contributed by atoms with Crippen LogP contribution >= 0.6 is 0 Å². The normalized spacial score (nSPS) is 17.3. The fourth-order valence-corrected chi connectivity index (χ4v) is 3.26. The number of aliphatic imine (C=N–C) groups is 1. The van der Waals surface area contributed by atoms with E-state index in [9.17, 15) is 18.0 Å². The quantitative estimate of drug-likeness (QED) is 0.551. The van der Waals surface area contributed by atoms with E-state index in [1.807, 2.05) is 11.8 Å². The molecule has 10 heteroatoms. The van der Waals surface area contributed by atoms with Gasteiger partial charge in [0.15, 0.2) is 0 Å². The molecule has 4 N–H and O–H groups in total. The number of hydrogen-bond acceptors (Lipinski definition) is 5. The SMILES string of the molecule is CCN=C(N)c1ccc(N2CCC(Oc3ccc(C(F)(F)F)cn3)C2)c(C(N)=O)c1. The first-order chi connectivity index (χ1) is 14.2. The molecule has 1 amide bonds. The van der Waals surface area contributed by atoms with Crippen molar-refractivity contribution in [2.24, 2.45) is 16.5 Å². The van der Waals surface area contributed by atoms with Gasteiger partial charge in [0.05, 0.1) is 17.7 Å². The van der Waals surface area contributed by atoms with Gasteiger partial charge in [0.2, 0.25) is 5.88 Å². The van der Waals surface area contributed by atoms with Crippen molar-refractivity contribution in [2.75, 3.05) is 24.5 Å². The summed E-state index contributed by atoms with van der Waals surface area (Å²) in [7, 11) is 0. The van der Waals surface area contributed by atoms with Crippen LogP contribution in [0.2, 0.25) is 0 Å². The van der Waals surface area contributed by atoms with Crippen LogP contribution < -0.4 is 21.1 Å². The number of amides is 1. The lowest BCUT2D eigenvalue weighted by atomic mass is 10.1. The summed E-state index contributed by atoms with van der Waals surface area (Å²) in [4.78, 5) is 21.8. The molecule has 1 aliphatic rings. The van der Waals surface area contributed by atoms with E-state index in [0.717, 1.165) is 12.3 Å². The number of carbonyl (C=O) groups excluding carboxylic acids is 1. The third-order valence-corrected chi connectivity index (χ3v) is 4.72. The van der Waals surface area contributed by atoms with Gasteiger partial charge in [-0.1, -0.05) is 0 Å². The topological polar surface area (TPSA) is 107 Å². The van der Waals surface area contributed by atoms with E-state index in [-0.39, 0.29) is 12.0 Å². The number of halogens is 3. The number of pyridine rings is 1. The molecule has 1 aromatic heterocycles. The molecular weight excluding hydrogens is 399 g/mol. The Bertz CT molecular complexity index is 944. The Morgan fingerprint density at radius 2 is 2.07 bits per heavy atom. The highest BCUT2D eigenvalue weighted by atomic mass is 19.4. The van der Waals surface area contributed by atoms with Crippen molar-refractivity contribution in [1.29, 1.82) is 0 Å². The smallest absolute Gasteiger partial charge is 0.417 e. The summed E-state index contributed by atoms with van der Waals surface area (Å²) >= 11 is 0. The van der Waals surface area contributed by atoms with E-state index >= 15 is 0 Å². The number of nitrogens with two attached hydrogens (primary N) is 2. The van der Waals surface area contributed by atoms with E-state index < -0.39 is 17.6 Å². The van der Waals surface area contributed by atoms with Crippen molar-refractivity contribution in [2.45, 2.75) is 25.6 Å². The molecule has 2 aromatic rings. The molecule has 1 aliphatic heterocycles. The van der Waals surface area contributed by atoms with Crippen LogP contribution in [0.3, 0.4) is 0 Å². The molecule has 1 fully saturated rings. The minimum absolute atomic E-state index is 0.115. The van der Waals surface area contributed by atoms with Crippen LogP contribution in [0.25, 0.3) is 0 Å². The molecule has 0 bridgehead atoms. The highest BCUT2D eigenvalue weighted by molar-refractivity contribution is 6.04. The van der Waals surface area contributed by atoms with E-state index in [1.54, 1.807) is 18.2 Å². The van der Waals surface area contributed by atoms with E-state index in [0.29, 0.717) is 48.7 Å². The van der Waals surface area contributed by atoms with Crippen LogP contribution in [0, 0.1) is 0 Å². The molecule has 0 spiro atoms. The largest absolute Gasteiger partial charge is 0.472 e. The van der Waals surface area contributed by atoms with Crippen molar-refractivity contribution in [1.82, 2.24) is 4.98 Å². The standard InChI is InChI=1S/C20H22F3N5O2/c1-2-26-18(24)12-3-5-16(15(9-12)19(25)29)28-8-7-14(11-28)30-17-6-4-13(10-27-17)20(21,22)23/h3-6,9-10,14H,2,7-8,11H2,1H3,(H2,24,26)(H2,25,29).